The molecule has 0 aliphatic rings. The summed E-state index contributed by atoms with van der Waals surface area (Å²) in [5.74, 6) is 0. The molecule has 0 bridgehead atoms. The van der Waals surface area contributed by atoms with Gasteiger partial charge in [-0.15, -0.1) is 6.58 Å². The monoisotopic (exact) mass is 309 g/mol. The Morgan fingerprint density at radius 2 is 2.05 bits per heavy atom. The van der Waals surface area contributed by atoms with Crippen molar-refractivity contribution in [3.8, 4) is 0 Å². The molecule has 0 saturated heterocycles. The first kappa shape index (κ1) is 14.5. The number of sulfone groups is 1. The van der Waals surface area contributed by atoms with Crippen LogP contribution in [0.15, 0.2) is 46.0 Å². The zero-order valence-electron chi connectivity index (χ0n) is 11.0. The van der Waals surface area contributed by atoms with Crippen molar-refractivity contribution in [2.24, 2.45) is 0 Å². The van der Waals surface area contributed by atoms with Crippen LogP contribution in [0.25, 0.3) is 0 Å². The number of nitrogens with zero attached hydrogens (tertiary/aromatic N) is 1. The maximum atomic E-state index is 12.5. The molecule has 0 spiro atoms. The Kier molecular flexibility index (Phi) is 4.10. The molecule has 20 heavy (non-hydrogen) atoms. The molecule has 0 radical (unpaired) electrons. The molecular weight excluding hydrogens is 294 g/mol. The van der Waals surface area contributed by atoms with Crippen LogP contribution in [-0.2, 0) is 9.84 Å². The molecule has 0 atom stereocenters. The summed E-state index contributed by atoms with van der Waals surface area (Å²) in [7, 11) is -3.56. The highest BCUT2D eigenvalue weighted by Crippen LogP contribution is 2.32. The number of nitrogens with two attached hydrogens (primary N) is 1. The maximum absolute atomic E-state index is 12.5. The quantitative estimate of drug-likeness (QED) is 0.654. The van der Waals surface area contributed by atoms with Crippen LogP contribution in [-0.4, -0.2) is 19.9 Å². The topological polar surface area (TPSA) is 85.1 Å². The Morgan fingerprint density at radius 1 is 1.40 bits per heavy atom. The van der Waals surface area contributed by atoms with Crippen molar-refractivity contribution in [2.75, 3.05) is 17.6 Å². The fraction of sp³-hybridized carbons (Fsp3) is 0.154. The molecule has 7 heteroatoms. The number of hydrogen-bond donors (Lipinski definition) is 2. The predicted octanol–water partition coefficient (Wildman–Crippen LogP) is 2.46. The van der Waals surface area contributed by atoms with Gasteiger partial charge in [0.1, 0.15) is 4.21 Å². The predicted molar refractivity (Wildman–Crippen MR) is 81.8 cm³/mol. The van der Waals surface area contributed by atoms with E-state index >= 15 is 0 Å². The Labute approximate surface area is 122 Å². The Balaban J connectivity index is 2.41. The summed E-state index contributed by atoms with van der Waals surface area (Å²) in [4.78, 5) is 4.43. The molecule has 1 aromatic heterocycles. The van der Waals surface area contributed by atoms with Gasteiger partial charge in [0.15, 0.2) is 5.13 Å². The minimum atomic E-state index is -3.56. The number of aryl methyl sites for hydroxylation is 1. The summed E-state index contributed by atoms with van der Waals surface area (Å²) in [6.07, 6.45) is 1.69. The highest BCUT2D eigenvalue weighted by atomic mass is 32.2. The number of rotatable bonds is 5. The number of hydrogen-bond acceptors (Lipinski definition) is 6. The van der Waals surface area contributed by atoms with Gasteiger partial charge in [0.2, 0.25) is 9.84 Å². The molecule has 3 N–H and O–H groups in total. The number of nitrogen functional groups attached to an aromatic ring is 1. The van der Waals surface area contributed by atoms with Gasteiger partial charge < -0.3 is 11.1 Å². The smallest absolute Gasteiger partial charge is 0.217 e. The molecule has 2 aromatic rings. The van der Waals surface area contributed by atoms with Gasteiger partial charge in [0, 0.05) is 12.2 Å². The van der Waals surface area contributed by atoms with E-state index < -0.39 is 9.84 Å². The standard InChI is InChI=1S/C13H15N3O2S2/c1-3-8-15-13-16-9(2)12(19-13)20(17,18)11-6-4-10(14)5-7-11/h3-7H,1,8,14H2,2H3,(H,15,16). The van der Waals surface area contributed by atoms with Crippen LogP contribution in [0.4, 0.5) is 10.8 Å². The molecule has 106 valence electrons. The Morgan fingerprint density at radius 3 is 2.65 bits per heavy atom. The number of thiazole rings is 1. The summed E-state index contributed by atoms with van der Waals surface area (Å²) in [6.45, 7) is 5.81. The summed E-state index contributed by atoms with van der Waals surface area (Å²) >= 11 is 1.12. The van der Waals surface area contributed by atoms with E-state index in [1.807, 2.05) is 0 Å². The van der Waals surface area contributed by atoms with Gasteiger partial charge in [-0.05, 0) is 31.2 Å². The van der Waals surface area contributed by atoms with Crippen molar-refractivity contribution < 1.29 is 8.42 Å². The fourth-order valence-corrected chi connectivity index (χ4v) is 4.44. The number of nitrogens with one attached hydrogen (secondary N) is 1. The van der Waals surface area contributed by atoms with Gasteiger partial charge in [-0.1, -0.05) is 17.4 Å². The van der Waals surface area contributed by atoms with E-state index in [0.29, 0.717) is 23.1 Å². The third kappa shape index (κ3) is 2.83. The number of aromatic nitrogens is 1. The van der Waals surface area contributed by atoms with Crippen LogP contribution in [0.2, 0.25) is 0 Å². The van der Waals surface area contributed by atoms with Crippen LogP contribution in [0.5, 0.6) is 0 Å². The van der Waals surface area contributed by atoms with E-state index in [1.165, 1.54) is 12.1 Å². The lowest BCUT2D eigenvalue weighted by atomic mass is 10.3. The Hall–Kier alpha value is -1.86. The third-order valence-corrected chi connectivity index (χ3v) is 6.08. The molecule has 0 saturated carbocycles. The normalized spacial score (nSPS) is 11.2. The van der Waals surface area contributed by atoms with Gasteiger partial charge in [-0.3, -0.25) is 0 Å². The molecule has 2 rings (SSSR count). The van der Waals surface area contributed by atoms with E-state index in [2.05, 4.69) is 16.9 Å². The van der Waals surface area contributed by atoms with Crippen LogP contribution in [0.3, 0.4) is 0 Å². The van der Waals surface area contributed by atoms with E-state index in [0.717, 1.165) is 11.3 Å². The lowest BCUT2D eigenvalue weighted by Crippen LogP contribution is -2.01. The average Bonchev–Trinajstić information content (AvgIpc) is 2.79. The molecule has 0 fully saturated rings. The number of anilines is 2. The second-order valence-electron chi connectivity index (χ2n) is 4.13. The maximum Gasteiger partial charge on any atom is 0.217 e. The first-order chi connectivity index (χ1) is 9.45. The molecule has 0 aliphatic carbocycles. The second kappa shape index (κ2) is 5.64. The first-order valence-corrected chi connectivity index (χ1v) is 8.18. The van der Waals surface area contributed by atoms with Crippen molar-refractivity contribution in [3.05, 3.63) is 42.6 Å². The summed E-state index contributed by atoms with van der Waals surface area (Å²) in [5, 5.41) is 3.56. The fourth-order valence-electron chi connectivity index (χ4n) is 1.62. The highest BCUT2D eigenvalue weighted by Gasteiger charge is 2.24. The Bertz CT molecular complexity index is 719. The van der Waals surface area contributed by atoms with Crippen LogP contribution >= 0.6 is 11.3 Å². The van der Waals surface area contributed by atoms with E-state index in [-0.39, 0.29) is 9.10 Å². The first-order valence-electron chi connectivity index (χ1n) is 5.88. The van der Waals surface area contributed by atoms with Crippen LogP contribution in [0.1, 0.15) is 5.69 Å². The van der Waals surface area contributed by atoms with Gasteiger partial charge in [0.25, 0.3) is 0 Å². The molecule has 1 heterocycles. The minimum absolute atomic E-state index is 0.216. The van der Waals surface area contributed by atoms with Crippen molar-refractivity contribution in [2.45, 2.75) is 16.0 Å². The van der Waals surface area contributed by atoms with E-state index in [1.54, 1.807) is 25.1 Å². The third-order valence-electron chi connectivity index (χ3n) is 2.59. The van der Waals surface area contributed by atoms with Gasteiger partial charge in [-0.25, -0.2) is 13.4 Å². The number of benzene rings is 1. The summed E-state index contributed by atoms with van der Waals surface area (Å²) < 4.78 is 25.3. The zero-order chi connectivity index (χ0) is 14.8. The molecule has 0 unspecified atom stereocenters. The van der Waals surface area contributed by atoms with Crippen LogP contribution < -0.4 is 11.1 Å². The second-order valence-corrected chi connectivity index (χ2v) is 7.28. The largest absolute Gasteiger partial charge is 0.399 e. The molecular formula is C13H15N3O2S2. The molecule has 1 aromatic carbocycles. The van der Waals surface area contributed by atoms with Crippen molar-refractivity contribution >= 4 is 32.0 Å². The van der Waals surface area contributed by atoms with E-state index in [4.69, 9.17) is 5.73 Å². The zero-order valence-corrected chi connectivity index (χ0v) is 12.6. The molecule has 0 aliphatic heterocycles. The van der Waals surface area contributed by atoms with Crippen molar-refractivity contribution in [3.63, 3.8) is 0 Å². The minimum Gasteiger partial charge on any atom is -0.399 e. The molecule has 0 amide bonds. The van der Waals surface area contributed by atoms with Crippen molar-refractivity contribution in [1.29, 1.82) is 0 Å². The lowest BCUT2D eigenvalue weighted by molar-refractivity contribution is 0.597. The summed E-state index contributed by atoms with van der Waals surface area (Å²) in [6, 6.07) is 6.14. The average molecular weight is 309 g/mol. The lowest BCUT2D eigenvalue weighted by Gasteiger charge is -2.02. The van der Waals surface area contributed by atoms with Gasteiger partial charge in [-0.2, -0.15) is 0 Å². The highest BCUT2D eigenvalue weighted by molar-refractivity contribution is 7.93. The SMILES string of the molecule is C=CCNc1nc(C)c(S(=O)(=O)c2ccc(N)cc2)s1. The van der Waals surface area contributed by atoms with Gasteiger partial charge >= 0.3 is 0 Å². The van der Waals surface area contributed by atoms with E-state index in [9.17, 15) is 8.42 Å². The van der Waals surface area contributed by atoms with Crippen LogP contribution in [0, 0.1) is 6.92 Å². The summed E-state index contributed by atoms with van der Waals surface area (Å²) in [5.41, 5.74) is 6.58. The van der Waals surface area contributed by atoms with Crippen molar-refractivity contribution in [1.82, 2.24) is 4.98 Å². The molecule has 5 nitrogen and oxygen atoms in total. The van der Waals surface area contributed by atoms with Gasteiger partial charge in [0.05, 0.1) is 10.6 Å².